The lowest BCUT2D eigenvalue weighted by molar-refractivity contribution is -0.0315. The number of rotatable bonds is 4. The van der Waals surface area contributed by atoms with E-state index in [1.165, 1.54) is 9.26 Å². The van der Waals surface area contributed by atoms with E-state index in [0.29, 0.717) is 12.1 Å². The maximum atomic E-state index is 5.80. The lowest BCUT2D eigenvalue weighted by atomic mass is 10.2. The van der Waals surface area contributed by atoms with Gasteiger partial charge in [-0.2, -0.15) is 0 Å². The van der Waals surface area contributed by atoms with Crippen LogP contribution in [0.5, 0.6) is 0 Å². The molecule has 1 aliphatic rings. The first kappa shape index (κ1) is 14.1. The van der Waals surface area contributed by atoms with Gasteiger partial charge in [-0.1, -0.05) is 6.07 Å². The number of nitrogens with zero attached hydrogens (tertiary/aromatic N) is 1. The zero-order valence-electron chi connectivity index (χ0n) is 11.0. The van der Waals surface area contributed by atoms with Crippen LogP contribution in [0.1, 0.15) is 13.8 Å². The Kier molecular flexibility index (Phi) is 5.26. The summed E-state index contributed by atoms with van der Waals surface area (Å²) in [5.74, 6) is 0. The highest BCUT2D eigenvalue weighted by Crippen LogP contribution is 2.14. The molecule has 0 saturated carbocycles. The third kappa shape index (κ3) is 4.10. The van der Waals surface area contributed by atoms with E-state index in [4.69, 9.17) is 4.74 Å². The highest BCUT2D eigenvalue weighted by molar-refractivity contribution is 14.1. The number of hydrogen-bond acceptors (Lipinski definition) is 3. The topological polar surface area (TPSA) is 24.5 Å². The molecule has 1 atom stereocenters. The Bertz CT molecular complexity index is 384. The zero-order valence-corrected chi connectivity index (χ0v) is 13.2. The molecule has 0 spiro atoms. The molecule has 18 heavy (non-hydrogen) atoms. The molecule has 0 bridgehead atoms. The lowest BCUT2D eigenvalue weighted by Gasteiger charge is -2.35. The number of morpholine rings is 1. The predicted octanol–water partition coefficient (Wildman–Crippen LogP) is 2.81. The van der Waals surface area contributed by atoms with Gasteiger partial charge in [0.1, 0.15) is 0 Å². The van der Waals surface area contributed by atoms with E-state index in [1.807, 2.05) is 0 Å². The van der Waals surface area contributed by atoms with E-state index in [-0.39, 0.29) is 0 Å². The molecule has 1 aliphatic heterocycles. The van der Waals surface area contributed by atoms with Gasteiger partial charge in [0.25, 0.3) is 0 Å². The molecule has 3 nitrogen and oxygen atoms in total. The number of halogens is 1. The standard InChI is InChI=1S/C14H21IN2O/c1-11(2)17-6-7-18-14(10-17)9-16-13-5-3-4-12(15)8-13/h3-5,8,11,14,16H,6-7,9-10H2,1-2H3. The molecule has 2 rings (SSSR count). The van der Waals surface area contributed by atoms with Crippen molar-refractivity contribution < 1.29 is 4.74 Å². The van der Waals surface area contributed by atoms with E-state index < -0.39 is 0 Å². The van der Waals surface area contributed by atoms with Crippen molar-refractivity contribution in [3.8, 4) is 0 Å². The summed E-state index contributed by atoms with van der Waals surface area (Å²) in [6.07, 6.45) is 0.291. The second kappa shape index (κ2) is 6.73. The van der Waals surface area contributed by atoms with Crippen LogP contribution in [0, 0.1) is 3.57 Å². The van der Waals surface area contributed by atoms with Gasteiger partial charge in [0.15, 0.2) is 0 Å². The molecule has 1 N–H and O–H groups in total. The first-order valence-corrected chi connectivity index (χ1v) is 7.58. The van der Waals surface area contributed by atoms with Crippen LogP contribution >= 0.6 is 22.6 Å². The van der Waals surface area contributed by atoms with Gasteiger partial charge in [-0.25, -0.2) is 0 Å². The summed E-state index contributed by atoms with van der Waals surface area (Å²) in [6.45, 7) is 8.29. The van der Waals surface area contributed by atoms with Crippen LogP contribution in [-0.2, 0) is 4.74 Å². The van der Waals surface area contributed by atoms with Gasteiger partial charge in [-0.3, -0.25) is 4.90 Å². The summed E-state index contributed by atoms with van der Waals surface area (Å²) in [4.78, 5) is 2.48. The van der Waals surface area contributed by atoms with Crippen LogP contribution in [0.15, 0.2) is 24.3 Å². The van der Waals surface area contributed by atoms with Crippen LogP contribution in [0.3, 0.4) is 0 Å². The molecular weight excluding hydrogens is 339 g/mol. The highest BCUT2D eigenvalue weighted by atomic mass is 127. The summed E-state index contributed by atoms with van der Waals surface area (Å²) in [6, 6.07) is 9.04. The number of benzene rings is 1. The number of anilines is 1. The number of nitrogens with one attached hydrogen (secondary N) is 1. The summed E-state index contributed by atoms with van der Waals surface area (Å²) < 4.78 is 7.06. The van der Waals surface area contributed by atoms with Crippen LogP contribution in [0.2, 0.25) is 0 Å². The van der Waals surface area contributed by atoms with Crippen molar-refractivity contribution in [1.29, 1.82) is 0 Å². The molecule has 1 aromatic rings. The monoisotopic (exact) mass is 360 g/mol. The Morgan fingerprint density at radius 3 is 3.06 bits per heavy atom. The molecule has 1 saturated heterocycles. The second-order valence-electron chi connectivity index (χ2n) is 4.97. The molecule has 1 aromatic carbocycles. The third-order valence-electron chi connectivity index (χ3n) is 3.26. The maximum Gasteiger partial charge on any atom is 0.0874 e. The van der Waals surface area contributed by atoms with Gasteiger partial charge in [-0.15, -0.1) is 0 Å². The molecule has 0 amide bonds. The number of hydrogen-bond donors (Lipinski definition) is 1. The zero-order chi connectivity index (χ0) is 13.0. The largest absolute Gasteiger partial charge is 0.382 e. The molecule has 0 radical (unpaired) electrons. The van der Waals surface area contributed by atoms with E-state index in [0.717, 1.165) is 26.2 Å². The molecular formula is C14H21IN2O. The average Bonchev–Trinajstić information content (AvgIpc) is 2.37. The van der Waals surface area contributed by atoms with Gasteiger partial charge < -0.3 is 10.1 Å². The highest BCUT2D eigenvalue weighted by Gasteiger charge is 2.21. The fourth-order valence-electron chi connectivity index (χ4n) is 2.16. The van der Waals surface area contributed by atoms with E-state index in [2.05, 4.69) is 70.9 Å². The first-order valence-electron chi connectivity index (χ1n) is 6.50. The van der Waals surface area contributed by atoms with Crippen LogP contribution in [0.25, 0.3) is 0 Å². The van der Waals surface area contributed by atoms with Gasteiger partial charge in [0, 0.05) is 34.9 Å². The second-order valence-corrected chi connectivity index (χ2v) is 6.22. The fourth-order valence-corrected chi connectivity index (χ4v) is 2.71. The van der Waals surface area contributed by atoms with Crippen molar-refractivity contribution in [3.63, 3.8) is 0 Å². The fraction of sp³-hybridized carbons (Fsp3) is 0.571. The van der Waals surface area contributed by atoms with E-state index >= 15 is 0 Å². The first-order chi connectivity index (χ1) is 8.65. The van der Waals surface area contributed by atoms with Crippen LogP contribution in [0.4, 0.5) is 5.69 Å². The minimum atomic E-state index is 0.291. The minimum Gasteiger partial charge on any atom is -0.382 e. The van der Waals surface area contributed by atoms with Crippen molar-refractivity contribution in [3.05, 3.63) is 27.8 Å². The molecule has 1 unspecified atom stereocenters. The van der Waals surface area contributed by atoms with Crippen molar-refractivity contribution >= 4 is 28.3 Å². The Hall–Kier alpha value is -0.330. The predicted molar refractivity (Wildman–Crippen MR) is 84.1 cm³/mol. The van der Waals surface area contributed by atoms with Crippen LogP contribution in [-0.4, -0.2) is 43.3 Å². The molecule has 100 valence electrons. The molecule has 0 aliphatic carbocycles. The lowest BCUT2D eigenvalue weighted by Crippen LogP contribution is -2.48. The Morgan fingerprint density at radius 1 is 1.50 bits per heavy atom. The minimum absolute atomic E-state index is 0.291. The Balaban J connectivity index is 1.83. The SMILES string of the molecule is CC(C)N1CCOC(CNc2cccc(I)c2)C1. The summed E-state index contributed by atoms with van der Waals surface area (Å²) >= 11 is 2.33. The van der Waals surface area contributed by atoms with Gasteiger partial charge in [0.05, 0.1) is 12.7 Å². The summed E-state index contributed by atoms with van der Waals surface area (Å²) in [5, 5.41) is 3.46. The summed E-state index contributed by atoms with van der Waals surface area (Å²) in [5.41, 5.74) is 1.17. The van der Waals surface area contributed by atoms with E-state index in [1.54, 1.807) is 0 Å². The van der Waals surface area contributed by atoms with Crippen molar-refractivity contribution in [2.45, 2.75) is 26.0 Å². The van der Waals surface area contributed by atoms with E-state index in [9.17, 15) is 0 Å². The smallest absolute Gasteiger partial charge is 0.0874 e. The Morgan fingerprint density at radius 2 is 2.33 bits per heavy atom. The quantitative estimate of drug-likeness (QED) is 0.836. The maximum absolute atomic E-state index is 5.80. The average molecular weight is 360 g/mol. The Labute approximate surface area is 123 Å². The molecule has 0 aromatic heterocycles. The van der Waals surface area contributed by atoms with Gasteiger partial charge in [0.2, 0.25) is 0 Å². The van der Waals surface area contributed by atoms with Gasteiger partial charge >= 0.3 is 0 Å². The van der Waals surface area contributed by atoms with Gasteiger partial charge in [-0.05, 0) is 54.6 Å². The molecule has 1 fully saturated rings. The number of ether oxygens (including phenoxy) is 1. The summed E-state index contributed by atoms with van der Waals surface area (Å²) in [7, 11) is 0. The molecule has 1 heterocycles. The molecule has 4 heteroatoms. The normalized spacial score (nSPS) is 21.2. The van der Waals surface area contributed by atoms with Crippen molar-refractivity contribution in [2.75, 3.05) is 31.6 Å². The van der Waals surface area contributed by atoms with Crippen molar-refractivity contribution in [1.82, 2.24) is 4.90 Å². The third-order valence-corrected chi connectivity index (χ3v) is 3.93. The van der Waals surface area contributed by atoms with Crippen molar-refractivity contribution in [2.24, 2.45) is 0 Å². The van der Waals surface area contributed by atoms with Crippen LogP contribution < -0.4 is 5.32 Å².